The van der Waals surface area contributed by atoms with Gasteiger partial charge in [-0.15, -0.1) is 0 Å². The maximum Gasteiger partial charge on any atom is 0.285 e. The Morgan fingerprint density at radius 1 is 1.40 bits per heavy atom. The second-order valence-electron chi connectivity index (χ2n) is 3.85. The highest BCUT2D eigenvalue weighted by Gasteiger charge is 2.61. The number of sulfone groups is 1. The van der Waals surface area contributed by atoms with Gasteiger partial charge in [-0.25, -0.2) is 8.42 Å². The Morgan fingerprint density at radius 2 is 1.93 bits per heavy atom. The zero-order valence-electron chi connectivity index (χ0n) is 8.80. The Kier molecular flexibility index (Phi) is 3.20. The zero-order chi connectivity index (χ0) is 11.9. The summed E-state index contributed by atoms with van der Waals surface area (Å²) >= 11 is 0. The van der Waals surface area contributed by atoms with Gasteiger partial charge in [-0.3, -0.25) is 4.55 Å². The lowest BCUT2D eigenvalue weighted by molar-refractivity contribution is 0.382. The van der Waals surface area contributed by atoms with Crippen LogP contribution in [0.3, 0.4) is 0 Å². The van der Waals surface area contributed by atoms with Crippen molar-refractivity contribution in [3.05, 3.63) is 0 Å². The minimum Gasteiger partial charge on any atom is -0.284 e. The van der Waals surface area contributed by atoms with E-state index in [1.165, 1.54) is 6.92 Å². The molecule has 5 nitrogen and oxygen atoms in total. The minimum atomic E-state index is -4.57. The molecule has 0 radical (unpaired) electrons. The lowest BCUT2D eigenvalue weighted by atomic mass is 9.97. The van der Waals surface area contributed by atoms with Gasteiger partial charge in [0.25, 0.3) is 10.1 Å². The molecule has 1 fully saturated rings. The van der Waals surface area contributed by atoms with E-state index in [9.17, 15) is 21.4 Å². The lowest BCUT2D eigenvalue weighted by Crippen LogP contribution is -2.47. The van der Waals surface area contributed by atoms with Crippen molar-refractivity contribution in [3.63, 3.8) is 0 Å². The fraction of sp³-hybridized carbons (Fsp3) is 1.00. The highest BCUT2D eigenvalue weighted by Crippen LogP contribution is 2.45. The van der Waals surface area contributed by atoms with E-state index in [-0.39, 0.29) is 12.2 Å². The van der Waals surface area contributed by atoms with E-state index >= 15 is 0 Å². The van der Waals surface area contributed by atoms with E-state index in [1.54, 1.807) is 6.92 Å². The van der Waals surface area contributed by atoms with Crippen LogP contribution in [0.5, 0.6) is 0 Å². The van der Waals surface area contributed by atoms with Gasteiger partial charge in [0.15, 0.2) is 9.84 Å². The largest absolute Gasteiger partial charge is 0.285 e. The first kappa shape index (κ1) is 12.9. The van der Waals surface area contributed by atoms with Crippen LogP contribution in [-0.2, 0) is 20.0 Å². The van der Waals surface area contributed by atoms with Crippen LogP contribution in [0.25, 0.3) is 0 Å². The molecule has 0 spiro atoms. The van der Waals surface area contributed by atoms with Crippen LogP contribution in [-0.4, -0.2) is 31.2 Å². The molecule has 1 aliphatic heterocycles. The molecule has 0 aromatic carbocycles. The third-order valence-corrected chi connectivity index (χ3v) is 8.64. The Balaban J connectivity index is 3.50. The first-order valence-electron chi connectivity index (χ1n) is 4.92. The molecular formula is C8H16O5S2. The Hall–Kier alpha value is -0.140. The standard InChI is InChI=1S/C8H16O5S2/c1-3-7-5-6-14(9,10)8(7,4-2)15(11,12)13/h7H,3-6H2,1-2H3,(H,11,12,13). The van der Waals surface area contributed by atoms with Crippen molar-refractivity contribution in [1.82, 2.24) is 0 Å². The molecule has 7 heteroatoms. The maximum absolute atomic E-state index is 11.8. The predicted octanol–water partition coefficient (Wildman–Crippen LogP) is 0.825. The van der Waals surface area contributed by atoms with Crippen molar-refractivity contribution in [3.8, 4) is 0 Å². The lowest BCUT2D eigenvalue weighted by Gasteiger charge is -2.29. The highest BCUT2D eigenvalue weighted by molar-refractivity contribution is 8.08. The molecule has 15 heavy (non-hydrogen) atoms. The molecule has 1 heterocycles. The molecule has 90 valence electrons. The second kappa shape index (κ2) is 3.71. The average molecular weight is 256 g/mol. The van der Waals surface area contributed by atoms with Gasteiger partial charge >= 0.3 is 0 Å². The summed E-state index contributed by atoms with van der Waals surface area (Å²) < 4.78 is 53.5. The molecule has 1 aliphatic rings. The minimum absolute atomic E-state index is 0.0906. The Bertz CT molecular complexity index is 436. The summed E-state index contributed by atoms with van der Waals surface area (Å²) in [6.45, 7) is 3.22. The summed E-state index contributed by atoms with van der Waals surface area (Å²) in [6.07, 6.45) is 0.659. The van der Waals surface area contributed by atoms with Crippen LogP contribution in [0.4, 0.5) is 0 Å². The van der Waals surface area contributed by atoms with Crippen LogP contribution in [0.1, 0.15) is 33.1 Å². The summed E-state index contributed by atoms with van der Waals surface area (Å²) in [5, 5.41) is 0. The van der Waals surface area contributed by atoms with Crippen molar-refractivity contribution in [2.75, 3.05) is 5.75 Å². The van der Waals surface area contributed by atoms with Gasteiger partial charge in [-0.05, 0) is 18.8 Å². The van der Waals surface area contributed by atoms with Gasteiger partial charge in [0, 0.05) is 0 Å². The van der Waals surface area contributed by atoms with Crippen LogP contribution in [0.15, 0.2) is 0 Å². The smallest absolute Gasteiger partial charge is 0.284 e. The summed E-state index contributed by atoms with van der Waals surface area (Å²) in [5.74, 6) is -0.651. The summed E-state index contributed by atoms with van der Waals surface area (Å²) in [4.78, 5) is 0. The highest BCUT2D eigenvalue weighted by atomic mass is 32.3. The fourth-order valence-corrected chi connectivity index (χ4v) is 7.30. The van der Waals surface area contributed by atoms with E-state index in [0.29, 0.717) is 12.8 Å². The second-order valence-corrected chi connectivity index (χ2v) is 8.16. The van der Waals surface area contributed by atoms with Crippen molar-refractivity contribution in [2.24, 2.45) is 5.92 Å². The van der Waals surface area contributed by atoms with E-state index in [2.05, 4.69) is 0 Å². The molecule has 1 rings (SSSR count). The number of rotatable bonds is 3. The molecule has 2 unspecified atom stereocenters. The van der Waals surface area contributed by atoms with Crippen molar-refractivity contribution in [1.29, 1.82) is 0 Å². The molecule has 0 aromatic heterocycles. The third-order valence-electron chi connectivity index (χ3n) is 3.31. The summed E-state index contributed by atoms with van der Waals surface area (Å²) in [5.41, 5.74) is 0. The zero-order valence-corrected chi connectivity index (χ0v) is 10.4. The SMILES string of the molecule is CCC1CCS(=O)(=O)C1(CC)S(=O)(=O)O. The maximum atomic E-state index is 11.8. The molecule has 2 atom stereocenters. The Labute approximate surface area is 90.5 Å². The van der Waals surface area contributed by atoms with Crippen LogP contribution in [0.2, 0.25) is 0 Å². The molecule has 0 aromatic rings. The van der Waals surface area contributed by atoms with Crippen molar-refractivity contribution < 1.29 is 21.4 Å². The van der Waals surface area contributed by atoms with Crippen molar-refractivity contribution in [2.45, 2.75) is 37.2 Å². The first-order chi connectivity index (χ1) is 6.73. The molecule has 1 saturated heterocycles. The van der Waals surface area contributed by atoms with E-state index in [0.717, 1.165) is 0 Å². The van der Waals surface area contributed by atoms with Crippen LogP contribution >= 0.6 is 0 Å². The molecule has 0 amide bonds. The van der Waals surface area contributed by atoms with Gasteiger partial charge in [0.1, 0.15) is 0 Å². The van der Waals surface area contributed by atoms with Crippen LogP contribution in [0, 0.1) is 5.92 Å². The first-order valence-corrected chi connectivity index (χ1v) is 8.01. The van der Waals surface area contributed by atoms with Gasteiger partial charge in [-0.1, -0.05) is 20.3 Å². The summed E-state index contributed by atoms with van der Waals surface area (Å²) in [6, 6.07) is 0. The quantitative estimate of drug-likeness (QED) is 0.755. The normalized spacial score (nSPS) is 35.5. The van der Waals surface area contributed by atoms with Crippen LogP contribution < -0.4 is 0 Å². The molecule has 1 N–H and O–H groups in total. The number of hydrogen-bond donors (Lipinski definition) is 1. The molecular weight excluding hydrogens is 240 g/mol. The third kappa shape index (κ3) is 1.60. The van der Waals surface area contributed by atoms with E-state index in [1.807, 2.05) is 0 Å². The topological polar surface area (TPSA) is 88.5 Å². The predicted molar refractivity (Wildman–Crippen MR) is 56.8 cm³/mol. The molecule has 0 aliphatic carbocycles. The molecule has 0 bridgehead atoms. The molecule has 0 saturated carbocycles. The van der Waals surface area contributed by atoms with Gasteiger partial charge in [0.2, 0.25) is 4.08 Å². The fourth-order valence-electron chi connectivity index (χ4n) is 2.52. The van der Waals surface area contributed by atoms with Gasteiger partial charge in [0.05, 0.1) is 5.75 Å². The average Bonchev–Trinajstić information content (AvgIpc) is 2.35. The Morgan fingerprint density at radius 3 is 2.20 bits per heavy atom. The van der Waals surface area contributed by atoms with E-state index in [4.69, 9.17) is 0 Å². The number of hydrogen-bond acceptors (Lipinski definition) is 4. The van der Waals surface area contributed by atoms with Crippen molar-refractivity contribution >= 4 is 20.0 Å². The monoisotopic (exact) mass is 256 g/mol. The van der Waals surface area contributed by atoms with Gasteiger partial charge in [-0.2, -0.15) is 8.42 Å². The summed E-state index contributed by atoms with van der Waals surface area (Å²) in [7, 11) is -8.33. The van der Waals surface area contributed by atoms with E-state index < -0.39 is 30.0 Å². The van der Waals surface area contributed by atoms with Gasteiger partial charge < -0.3 is 0 Å².